The van der Waals surface area contributed by atoms with Gasteiger partial charge in [-0.25, -0.2) is 9.98 Å². The first-order valence-corrected chi connectivity index (χ1v) is 19.4. The van der Waals surface area contributed by atoms with Crippen LogP contribution in [0.2, 0.25) is 0 Å². The van der Waals surface area contributed by atoms with E-state index in [1.54, 1.807) is 0 Å². The third-order valence-electron chi connectivity index (χ3n) is 10.9. The highest BCUT2D eigenvalue weighted by molar-refractivity contribution is 6.16. The van der Waals surface area contributed by atoms with Gasteiger partial charge < -0.3 is 10.2 Å². The topological polar surface area (TPSA) is 55.6 Å². The maximum atomic E-state index is 5.14. The molecule has 3 aliphatic heterocycles. The number of benzene rings is 7. The van der Waals surface area contributed by atoms with Crippen molar-refractivity contribution in [3.63, 3.8) is 0 Å². The number of nitrogens with zero attached hydrogens (tertiary/aromatic N) is 5. The fourth-order valence-electron chi connectivity index (χ4n) is 8.15. The van der Waals surface area contributed by atoms with E-state index in [0.717, 1.165) is 87.5 Å². The second-order valence-corrected chi connectivity index (χ2v) is 14.4. The van der Waals surface area contributed by atoms with Crippen LogP contribution >= 0.6 is 0 Å². The minimum atomic E-state index is -0.322. The maximum Gasteiger partial charge on any atom is 0.169 e. The minimum Gasteiger partial charge on any atom is -0.324 e. The van der Waals surface area contributed by atoms with Crippen LogP contribution in [0.25, 0.3) is 11.1 Å². The normalized spacial score (nSPS) is 17.1. The lowest BCUT2D eigenvalue weighted by molar-refractivity contribution is 0.678. The van der Waals surface area contributed by atoms with Crippen LogP contribution in [0.3, 0.4) is 0 Å². The molecule has 6 nitrogen and oxygen atoms in total. The lowest BCUT2D eigenvalue weighted by atomic mass is 9.93. The van der Waals surface area contributed by atoms with Gasteiger partial charge in [-0.3, -0.25) is 9.89 Å². The first-order valence-electron chi connectivity index (χ1n) is 19.4. The largest absolute Gasteiger partial charge is 0.324 e. The first kappa shape index (κ1) is 33.5. The zero-order valence-corrected chi connectivity index (χ0v) is 30.9. The molecule has 0 aliphatic carbocycles. The van der Waals surface area contributed by atoms with Crippen molar-refractivity contribution in [1.82, 2.24) is 5.32 Å². The molecule has 0 amide bonds. The van der Waals surface area contributed by atoms with Crippen LogP contribution in [0.4, 0.5) is 28.4 Å². The standard InChI is InChI=1S/C50H40N6/c1-5-14-37(15-6-1)47-52-48(38-16-7-2-8-17-38)54-49(53-47)39-25-23-35(24-26-39)36-27-29-42(30-28-36)56-46-32-31-43(34-45(46)44-22-13-33-51-50(44)56)55(40-18-9-3-10-19-40)41-20-11-4-12-21-41/h1-12,14-21,23-32,34,44,47H,13,22,33H2,(H,52,53,54). The molecular weight excluding hydrogens is 685 g/mol. The van der Waals surface area contributed by atoms with E-state index >= 15 is 0 Å². The lowest BCUT2D eigenvalue weighted by Crippen LogP contribution is -2.36. The van der Waals surface area contributed by atoms with Crippen LogP contribution in [-0.2, 0) is 0 Å². The average Bonchev–Trinajstić information content (AvgIpc) is 3.61. The van der Waals surface area contributed by atoms with Crippen molar-refractivity contribution in [2.24, 2.45) is 15.0 Å². The van der Waals surface area contributed by atoms with Gasteiger partial charge in [-0.1, -0.05) is 133 Å². The number of aliphatic imine (C=N–C) groups is 3. The molecule has 270 valence electrons. The van der Waals surface area contributed by atoms with Gasteiger partial charge in [0.2, 0.25) is 0 Å². The van der Waals surface area contributed by atoms with Gasteiger partial charge in [0.05, 0.1) is 5.69 Å². The predicted octanol–water partition coefficient (Wildman–Crippen LogP) is 11.7. The van der Waals surface area contributed by atoms with Crippen molar-refractivity contribution in [3.05, 3.63) is 210 Å². The third-order valence-corrected chi connectivity index (χ3v) is 10.9. The molecule has 10 rings (SSSR count). The maximum absolute atomic E-state index is 5.14. The van der Waals surface area contributed by atoms with Crippen LogP contribution in [0, 0.1) is 0 Å². The Balaban J connectivity index is 0.937. The molecule has 0 fully saturated rings. The molecule has 0 saturated heterocycles. The molecule has 7 aromatic rings. The first-order chi connectivity index (χ1) is 27.8. The number of nitrogens with one attached hydrogen (secondary N) is 1. The van der Waals surface area contributed by atoms with Crippen molar-refractivity contribution in [1.29, 1.82) is 0 Å². The van der Waals surface area contributed by atoms with Gasteiger partial charge in [0.1, 0.15) is 17.5 Å². The van der Waals surface area contributed by atoms with E-state index in [9.17, 15) is 0 Å². The van der Waals surface area contributed by atoms with E-state index in [1.165, 1.54) is 11.3 Å². The second kappa shape index (κ2) is 14.6. The summed E-state index contributed by atoms with van der Waals surface area (Å²) in [6.45, 7) is 0.860. The molecule has 2 unspecified atom stereocenters. The minimum absolute atomic E-state index is 0.268. The number of fused-ring (bicyclic) bond motifs is 3. The lowest BCUT2D eigenvalue weighted by Gasteiger charge is -2.26. The Labute approximate surface area is 327 Å². The summed E-state index contributed by atoms with van der Waals surface area (Å²) in [4.78, 5) is 19.9. The van der Waals surface area contributed by atoms with E-state index in [2.05, 4.69) is 167 Å². The van der Waals surface area contributed by atoms with E-state index < -0.39 is 0 Å². The molecule has 0 saturated carbocycles. The van der Waals surface area contributed by atoms with Gasteiger partial charge in [0.25, 0.3) is 0 Å². The quantitative estimate of drug-likeness (QED) is 0.170. The Hall–Kier alpha value is -7.05. The second-order valence-electron chi connectivity index (χ2n) is 14.4. The fraction of sp³-hybridized carbons (Fsp3) is 0.100. The Morgan fingerprint density at radius 3 is 1.68 bits per heavy atom. The number of hydrogen-bond acceptors (Lipinski definition) is 6. The van der Waals surface area contributed by atoms with E-state index in [4.69, 9.17) is 15.0 Å². The zero-order chi connectivity index (χ0) is 37.3. The monoisotopic (exact) mass is 724 g/mol. The number of rotatable bonds is 8. The molecule has 0 bridgehead atoms. The van der Waals surface area contributed by atoms with Crippen LogP contribution in [0.5, 0.6) is 0 Å². The number of hydrogen-bond donors (Lipinski definition) is 1. The van der Waals surface area contributed by atoms with Gasteiger partial charge in [-0.05, 0) is 89.7 Å². The van der Waals surface area contributed by atoms with Crippen molar-refractivity contribution in [2.75, 3.05) is 16.3 Å². The van der Waals surface area contributed by atoms with E-state index in [0.29, 0.717) is 0 Å². The molecule has 2 atom stereocenters. The molecule has 0 radical (unpaired) electrons. The van der Waals surface area contributed by atoms with Crippen LogP contribution < -0.4 is 15.1 Å². The molecule has 56 heavy (non-hydrogen) atoms. The van der Waals surface area contributed by atoms with Crippen molar-refractivity contribution in [3.8, 4) is 11.1 Å². The number of amidine groups is 3. The van der Waals surface area contributed by atoms with Crippen LogP contribution in [0.1, 0.15) is 47.2 Å². The molecule has 7 aromatic carbocycles. The van der Waals surface area contributed by atoms with Crippen molar-refractivity contribution >= 4 is 45.9 Å². The zero-order valence-electron chi connectivity index (χ0n) is 30.9. The Bertz CT molecular complexity index is 2530. The molecule has 6 heteroatoms. The summed E-state index contributed by atoms with van der Waals surface area (Å²) in [5.74, 6) is 3.05. The summed E-state index contributed by atoms with van der Waals surface area (Å²) in [6.07, 6.45) is 1.87. The van der Waals surface area contributed by atoms with Crippen LogP contribution in [-0.4, -0.2) is 24.1 Å². The van der Waals surface area contributed by atoms with Gasteiger partial charge in [-0.15, -0.1) is 0 Å². The smallest absolute Gasteiger partial charge is 0.169 e. The molecule has 1 N–H and O–H groups in total. The van der Waals surface area contributed by atoms with Crippen molar-refractivity contribution in [2.45, 2.75) is 24.9 Å². The Morgan fingerprint density at radius 2 is 1.05 bits per heavy atom. The summed E-state index contributed by atoms with van der Waals surface area (Å²) in [7, 11) is 0. The Morgan fingerprint density at radius 1 is 0.518 bits per heavy atom. The fourth-order valence-corrected chi connectivity index (χ4v) is 8.15. The summed E-state index contributed by atoms with van der Waals surface area (Å²) >= 11 is 0. The molecule has 3 aliphatic rings. The summed E-state index contributed by atoms with van der Waals surface area (Å²) < 4.78 is 0. The van der Waals surface area contributed by atoms with Crippen LogP contribution in [0.15, 0.2) is 203 Å². The molecule has 3 heterocycles. The molecule has 0 spiro atoms. The number of anilines is 5. The van der Waals surface area contributed by atoms with Crippen molar-refractivity contribution < 1.29 is 0 Å². The molecular formula is C50H40N6. The predicted molar refractivity (Wildman–Crippen MR) is 231 cm³/mol. The highest BCUT2D eigenvalue weighted by atomic mass is 15.2. The summed E-state index contributed by atoms with van der Waals surface area (Å²) in [5.41, 5.74) is 12.5. The van der Waals surface area contributed by atoms with E-state index in [-0.39, 0.29) is 12.1 Å². The number of para-hydroxylation sites is 2. The average molecular weight is 725 g/mol. The summed E-state index contributed by atoms with van der Waals surface area (Å²) in [6, 6.07) is 66.3. The van der Waals surface area contributed by atoms with Gasteiger partial charge >= 0.3 is 0 Å². The van der Waals surface area contributed by atoms with Gasteiger partial charge in [-0.2, -0.15) is 0 Å². The SMILES string of the molecule is c1ccc(C2=NC(c3ccccc3)N=C(c3ccc(-c4ccc(N5C6=NCCCC6c6cc(N(c7ccccc7)c7ccccc7)ccc65)cc4)cc3)N2)cc1. The highest BCUT2D eigenvalue weighted by Gasteiger charge is 2.38. The van der Waals surface area contributed by atoms with Gasteiger partial charge in [0, 0.05) is 46.3 Å². The Kier molecular flexibility index (Phi) is 8.77. The van der Waals surface area contributed by atoms with E-state index in [1.807, 2.05) is 36.4 Å². The highest BCUT2D eigenvalue weighted by Crippen LogP contribution is 2.48. The third kappa shape index (κ3) is 6.35. The summed E-state index contributed by atoms with van der Waals surface area (Å²) in [5, 5.41) is 3.52. The van der Waals surface area contributed by atoms with Gasteiger partial charge in [0.15, 0.2) is 6.17 Å². The molecule has 0 aromatic heterocycles.